The minimum atomic E-state index is -0.193. The first-order valence-corrected chi connectivity index (χ1v) is 8.44. The van der Waals surface area contributed by atoms with Gasteiger partial charge in [0.1, 0.15) is 5.75 Å². The smallest absolute Gasteiger partial charge is 0.238 e. The molecule has 0 aliphatic rings. The van der Waals surface area contributed by atoms with Gasteiger partial charge in [-0.15, -0.1) is 0 Å². The highest BCUT2D eigenvalue weighted by Crippen LogP contribution is 2.21. The highest BCUT2D eigenvalue weighted by atomic mass is 79.9. The Bertz CT molecular complexity index is 735. The fourth-order valence-electron chi connectivity index (χ4n) is 2.17. The molecule has 0 saturated carbocycles. The van der Waals surface area contributed by atoms with E-state index in [1.54, 1.807) is 49.4 Å². The number of carbonyl (C=O) groups is 2. The second-order valence-electron chi connectivity index (χ2n) is 5.48. The largest absolute Gasteiger partial charge is 0.497 e. The van der Waals surface area contributed by atoms with Gasteiger partial charge in [0.25, 0.3) is 0 Å². The van der Waals surface area contributed by atoms with Crippen LogP contribution in [0.4, 0.5) is 11.4 Å². The number of likely N-dealkylation sites (N-methyl/N-ethyl adjacent to an activating group) is 1. The number of amides is 2. The van der Waals surface area contributed by atoms with Gasteiger partial charge < -0.3 is 15.4 Å². The lowest BCUT2D eigenvalue weighted by atomic mass is 10.3. The van der Waals surface area contributed by atoms with Gasteiger partial charge in [-0.05, 0) is 59.4 Å². The Morgan fingerprint density at radius 2 is 1.60 bits per heavy atom. The van der Waals surface area contributed by atoms with Gasteiger partial charge in [0.05, 0.1) is 25.9 Å². The van der Waals surface area contributed by atoms with Crippen molar-refractivity contribution in [2.24, 2.45) is 0 Å². The molecule has 25 heavy (non-hydrogen) atoms. The second-order valence-corrected chi connectivity index (χ2v) is 6.33. The molecule has 0 radical (unpaired) electrons. The normalized spacial score (nSPS) is 10.4. The number of para-hydroxylation sites is 1. The predicted octanol–water partition coefficient (Wildman–Crippen LogP) is 2.97. The summed E-state index contributed by atoms with van der Waals surface area (Å²) in [5, 5.41) is 5.58. The molecule has 2 aromatic carbocycles. The number of methoxy groups -OCH3 is 1. The summed E-state index contributed by atoms with van der Waals surface area (Å²) < 4.78 is 5.88. The molecule has 0 aliphatic heterocycles. The number of hydrogen-bond donors (Lipinski definition) is 2. The van der Waals surface area contributed by atoms with Crippen LogP contribution in [-0.2, 0) is 9.59 Å². The van der Waals surface area contributed by atoms with Gasteiger partial charge in [0.2, 0.25) is 11.8 Å². The fourth-order valence-corrected chi connectivity index (χ4v) is 2.56. The summed E-state index contributed by atoms with van der Waals surface area (Å²) in [7, 11) is 3.30. The van der Waals surface area contributed by atoms with Crippen molar-refractivity contribution in [3.8, 4) is 5.75 Å². The van der Waals surface area contributed by atoms with Crippen LogP contribution in [0, 0.1) is 0 Å². The number of ether oxygens (including phenoxy) is 1. The van der Waals surface area contributed by atoms with Crippen LogP contribution in [0.25, 0.3) is 0 Å². The van der Waals surface area contributed by atoms with E-state index in [-0.39, 0.29) is 24.9 Å². The minimum Gasteiger partial charge on any atom is -0.497 e. The van der Waals surface area contributed by atoms with E-state index in [0.717, 1.165) is 10.2 Å². The van der Waals surface area contributed by atoms with Crippen molar-refractivity contribution in [1.82, 2.24) is 4.90 Å². The molecule has 0 aromatic heterocycles. The molecule has 0 heterocycles. The third kappa shape index (κ3) is 6.21. The number of halogens is 1. The van der Waals surface area contributed by atoms with Crippen molar-refractivity contribution in [2.75, 3.05) is 37.9 Å². The van der Waals surface area contributed by atoms with Gasteiger partial charge in [-0.25, -0.2) is 0 Å². The molecular weight excluding hydrogens is 386 g/mol. The number of hydrogen-bond acceptors (Lipinski definition) is 4. The maximum absolute atomic E-state index is 12.1. The average Bonchev–Trinajstić information content (AvgIpc) is 2.57. The first-order valence-electron chi connectivity index (χ1n) is 7.65. The van der Waals surface area contributed by atoms with E-state index < -0.39 is 0 Å². The van der Waals surface area contributed by atoms with E-state index in [1.165, 1.54) is 0 Å². The van der Waals surface area contributed by atoms with Crippen molar-refractivity contribution < 1.29 is 14.3 Å². The zero-order valence-corrected chi connectivity index (χ0v) is 15.7. The van der Waals surface area contributed by atoms with E-state index in [1.807, 2.05) is 18.2 Å². The Labute approximate surface area is 155 Å². The second kappa shape index (κ2) is 9.19. The Kier molecular flexibility index (Phi) is 6.97. The molecule has 0 atom stereocenters. The number of rotatable bonds is 7. The molecule has 2 N–H and O–H groups in total. The highest BCUT2D eigenvalue weighted by molar-refractivity contribution is 9.10. The van der Waals surface area contributed by atoms with Crippen molar-refractivity contribution in [1.29, 1.82) is 0 Å². The van der Waals surface area contributed by atoms with E-state index >= 15 is 0 Å². The maximum atomic E-state index is 12.1. The third-order valence-electron chi connectivity index (χ3n) is 3.35. The first-order chi connectivity index (χ1) is 12.0. The zero-order valence-electron chi connectivity index (χ0n) is 14.1. The number of benzene rings is 2. The Morgan fingerprint density at radius 3 is 2.20 bits per heavy atom. The van der Waals surface area contributed by atoms with E-state index in [9.17, 15) is 9.59 Å². The quantitative estimate of drug-likeness (QED) is 0.742. The highest BCUT2D eigenvalue weighted by Gasteiger charge is 2.12. The van der Waals surface area contributed by atoms with Crippen LogP contribution < -0.4 is 15.4 Å². The van der Waals surface area contributed by atoms with Crippen molar-refractivity contribution in [3.63, 3.8) is 0 Å². The van der Waals surface area contributed by atoms with Crippen LogP contribution >= 0.6 is 15.9 Å². The minimum absolute atomic E-state index is 0.107. The van der Waals surface area contributed by atoms with Crippen LogP contribution in [0.2, 0.25) is 0 Å². The monoisotopic (exact) mass is 405 g/mol. The summed E-state index contributed by atoms with van der Waals surface area (Å²) >= 11 is 3.38. The molecule has 0 bridgehead atoms. The molecule has 0 aliphatic carbocycles. The summed E-state index contributed by atoms with van der Waals surface area (Å²) in [6, 6.07) is 14.4. The van der Waals surface area contributed by atoms with Gasteiger partial charge >= 0.3 is 0 Å². The van der Waals surface area contributed by atoms with Crippen molar-refractivity contribution >= 4 is 39.1 Å². The van der Waals surface area contributed by atoms with Crippen LogP contribution in [-0.4, -0.2) is 44.0 Å². The van der Waals surface area contributed by atoms with Crippen LogP contribution in [0.1, 0.15) is 0 Å². The fraction of sp³-hybridized carbons (Fsp3) is 0.222. The Hall–Kier alpha value is -2.38. The Balaban J connectivity index is 1.80. The summed E-state index contributed by atoms with van der Waals surface area (Å²) in [4.78, 5) is 25.8. The predicted molar refractivity (Wildman–Crippen MR) is 102 cm³/mol. The zero-order chi connectivity index (χ0) is 18.2. The van der Waals surface area contributed by atoms with E-state index in [2.05, 4.69) is 26.6 Å². The maximum Gasteiger partial charge on any atom is 0.238 e. The van der Waals surface area contributed by atoms with Crippen molar-refractivity contribution in [3.05, 3.63) is 53.0 Å². The van der Waals surface area contributed by atoms with Gasteiger partial charge in [-0.2, -0.15) is 0 Å². The number of nitrogens with one attached hydrogen (secondary N) is 2. The standard InChI is InChI=1S/C18H20BrN3O3/c1-22(12-18(24)21-16-6-4-3-5-15(16)19)11-17(23)20-13-7-9-14(25-2)10-8-13/h3-10H,11-12H2,1-2H3,(H,20,23)(H,21,24). The lowest BCUT2D eigenvalue weighted by molar-refractivity contribution is -0.119. The summed E-state index contributed by atoms with van der Waals surface area (Å²) in [5.41, 5.74) is 1.38. The van der Waals surface area contributed by atoms with Gasteiger partial charge in [0, 0.05) is 10.2 Å². The van der Waals surface area contributed by atoms with Crippen molar-refractivity contribution in [2.45, 2.75) is 0 Å². The molecule has 132 valence electrons. The van der Waals surface area contributed by atoms with E-state index in [0.29, 0.717) is 11.4 Å². The number of anilines is 2. The molecule has 2 aromatic rings. The topological polar surface area (TPSA) is 70.7 Å². The molecule has 0 unspecified atom stereocenters. The molecule has 2 amide bonds. The van der Waals surface area contributed by atoms with Gasteiger partial charge in [-0.1, -0.05) is 12.1 Å². The first kappa shape index (κ1) is 19.0. The lowest BCUT2D eigenvalue weighted by Crippen LogP contribution is -2.36. The summed E-state index contributed by atoms with van der Waals surface area (Å²) in [5.74, 6) is 0.340. The molecule has 0 fully saturated rings. The molecular formula is C18H20BrN3O3. The average molecular weight is 406 g/mol. The summed E-state index contributed by atoms with van der Waals surface area (Å²) in [6.45, 7) is 0.215. The SMILES string of the molecule is COc1ccc(NC(=O)CN(C)CC(=O)Nc2ccccc2Br)cc1. The van der Waals surface area contributed by atoms with E-state index in [4.69, 9.17) is 4.74 Å². The van der Waals surface area contributed by atoms with Crippen LogP contribution in [0.5, 0.6) is 5.75 Å². The summed E-state index contributed by atoms with van der Waals surface area (Å²) in [6.07, 6.45) is 0. The molecule has 6 nitrogen and oxygen atoms in total. The Morgan fingerprint density at radius 1 is 1.00 bits per heavy atom. The molecule has 0 saturated heterocycles. The van der Waals surface area contributed by atoms with Gasteiger partial charge in [-0.3, -0.25) is 14.5 Å². The number of nitrogens with zero attached hydrogens (tertiary/aromatic N) is 1. The molecule has 0 spiro atoms. The molecule has 2 rings (SSSR count). The lowest BCUT2D eigenvalue weighted by Gasteiger charge is -2.16. The molecule has 7 heteroatoms. The van der Waals surface area contributed by atoms with Crippen LogP contribution in [0.15, 0.2) is 53.0 Å². The number of carbonyl (C=O) groups excluding carboxylic acids is 2. The van der Waals surface area contributed by atoms with Gasteiger partial charge in [0.15, 0.2) is 0 Å². The third-order valence-corrected chi connectivity index (χ3v) is 4.04. The van der Waals surface area contributed by atoms with Crippen LogP contribution in [0.3, 0.4) is 0 Å².